The van der Waals surface area contributed by atoms with E-state index in [4.69, 9.17) is 0 Å². The van der Waals surface area contributed by atoms with Crippen molar-refractivity contribution in [3.63, 3.8) is 0 Å². The molecule has 2 aromatic heterocycles. The van der Waals surface area contributed by atoms with Crippen molar-refractivity contribution in [3.05, 3.63) is 35.0 Å². The highest BCUT2D eigenvalue weighted by atomic mass is 32.1. The first kappa shape index (κ1) is 17.0. The Morgan fingerprint density at radius 1 is 1.46 bits per heavy atom. The summed E-state index contributed by atoms with van der Waals surface area (Å²) in [6.07, 6.45) is 4.32. The van der Waals surface area contributed by atoms with Gasteiger partial charge in [-0.1, -0.05) is 13.0 Å². The summed E-state index contributed by atoms with van der Waals surface area (Å²) in [6, 6.07) is 5.72. The number of hydrogen-bond acceptors (Lipinski definition) is 5. The Morgan fingerprint density at radius 2 is 2.33 bits per heavy atom. The number of carbonyl (C=O) groups excluding carboxylic acids is 1. The third kappa shape index (κ3) is 4.19. The molecule has 5 nitrogen and oxygen atoms in total. The lowest BCUT2D eigenvalue weighted by Crippen LogP contribution is -2.40. The second-order valence-corrected chi connectivity index (χ2v) is 7.45. The fourth-order valence-electron chi connectivity index (χ4n) is 3.10. The Labute approximate surface area is 147 Å². The van der Waals surface area contributed by atoms with Gasteiger partial charge in [-0.2, -0.15) is 0 Å². The van der Waals surface area contributed by atoms with Gasteiger partial charge in [-0.3, -0.25) is 9.78 Å². The maximum atomic E-state index is 12.4. The summed E-state index contributed by atoms with van der Waals surface area (Å²) >= 11 is 1.41. The molecule has 128 valence electrons. The zero-order chi connectivity index (χ0) is 16.9. The van der Waals surface area contributed by atoms with Gasteiger partial charge in [0.2, 0.25) is 0 Å². The van der Waals surface area contributed by atoms with Crippen LogP contribution in [0.1, 0.15) is 35.1 Å². The SMILES string of the molecule is Cc1nc(-c2ccccn2)sc1C(=O)NCCN1CCCC(C)C1. The number of pyridine rings is 1. The molecule has 1 atom stereocenters. The molecule has 1 amide bonds. The fourth-order valence-corrected chi connectivity index (χ4v) is 4.06. The van der Waals surface area contributed by atoms with Crippen molar-refractivity contribution in [2.45, 2.75) is 26.7 Å². The summed E-state index contributed by atoms with van der Waals surface area (Å²) in [5, 5.41) is 3.83. The van der Waals surface area contributed by atoms with Crippen LogP contribution < -0.4 is 5.32 Å². The normalized spacial score (nSPS) is 18.5. The van der Waals surface area contributed by atoms with Gasteiger partial charge in [-0.25, -0.2) is 4.98 Å². The van der Waals surface area contributed by atoms with E-state index in [-0.39, 0.29) is 5.91 Å². The lowest BCUT2D eigenvalue weighted by Gasteiger charge is -2.30. The average molecular weight is 344 g/mol. The van der Waals surface area contributed by atoms with E-state index in [1.54, 1.807) is 6.20 Å². The molecule has 1 aliphatic heterocycles. The Kier molecular flexibility index (Phi) is 5.58. The van der Waals surface area contributed by atoms with E-state index in [1.807, 2.05) is 25.1 Å². The number of nitrogens with one attached hydrogen (secondary N) is 1. The second kappa shape index (κ2) is 7.85. The summed E-state index contributed by atoms with van der Waals surface area (Å²) in [6.45, 7) is 8.06. The van der Waals surface area contributed by atoms with Gasteiger partial charge in [0.15, 0.2) is 0 Å². The number of aryl methyl sites for hydroxylation is 1. The largest absolute Gasteiger partial charge is 0.350 e. The number of likely N-dealkylation sites (tertiary alicyclic amines) is 1. The van der Waals surface area contributed by atoms with Crippen LogP contribution in [0, 0.1) is 12.8 Å². The van der Waals surface area contributed by atoms with Gasteiger partial charge in [0.25, 0.3) is 5.91 Å². The second-order valence-electron chi connectivity index (χ2n) is 6.45. The van der Waals surface area contributed by atoms with E-state index in [9.17, 15) is 4.79 Å². The van der Waals surface area contributed by atoms with Gasteiger partial charge in [0.05, 0.1) is 11.4 Å². The van der Waals surface area contributed by atoms with E-state index in [2.05, 4.69) is 27.1 Å². The standard InChI is InChI=1S/C18H24N4OS/c1-13-6-5-10-22(12-13)11-9-20-17(23)16-14(2)21-18(24-16)15-7-3-4-8-19-15/h3-4,7-8,13H,5-6,9-12H2,1-2H3,(H,20,23). The molecule has 1 N–H and O–H groups in total. The molecule has 1 saturated heterocycles. The molecule has 0 radical (unpaired) electrons. The highest BCUT2D eigenvalue weighted by Crippen LogP contribution is 2.26. The molecule has 0 aliphatic carbocycles. The van der Waals surface area contributed by atoms with Crippen molar-refractivity contribution in [2.75, 3.05) is 26.2 Å². The fraction of sp³-hybridized carbons (Fsp3) is 0.500. The summed E-state index contributed by atoms with van der Waals surface area (Å²) < 4.78 is 0. The molecule has 3 rings (SSSR count). The van der Waals surface area contributed by atoms with Crippen LogP contribution in [0.4, 0.5) is 0 Å². The number of amides is 1. The first-order valence-corrected chi connectivity index (χ1v) is 9.34. The van der Waals surface area contributed by atoms with Crippen LogP contribution in [0.5, 0.6) is 0 Å². The minimum Gasteiger partial charge on any atom is -0.350 e. The summed E-state index contributed by atoms with van der Waals surface area (Å²) in [5.74, 6) is 0.733. The maximum absolute atomic E-state index is 12.4. The van der Waals surface area contributed by atoms with Crippen molar-refractivity contribution in [3.8, 4) is 10.7 Å². The number of piperidine rings is 1. The third-order valence-corrected chi connectivity index (χ3v) is 5.52. The number of nitrogens with zero attached hydrogens (tertiary/aromatic N) is 3. The highest BCUT2D eigenvalue weighted by molar-refractivity contribution is 7.17. The molecule has 1 fully saturated rings. The number of rotatable bonds is 5. The molecule has 0 bridgehead atoms. The molecule has 0 aromatic carbocycles. The quantitative estimate of drug-likeness (QED) is 0.906. The Bertz CT molecular complexity index is 686. The lowest BCUT2D eigenvalue weighted by atomic mass is 10.0. The third-order valence-electron chi connectivity index (χ3n) is 4.34. The van der Waals surface area contributed by atoms with Gasteiger partial charge < -0.3 is 10.2 Å². The highest BCUT2D eigenvalue weighted by Gasteiger charge is 2.18. The van der Waals surface area contributed by atoms with Crippen LogP contribution in [0.3, 0.4) is 0 Å². The molecule has 1 unspecified atom stereocenters. The zero-order valence-corrected chi connectivity index (χ0v) is 15.1. The van der Waals surface area contributed by atoms with Crippen LogP contribution in [0.15, 0.2) is 24.4 Å². The monoisotopic (exact) mass is 344 g/mol. The van der Waals surface area contributed by atoms with Crippen molar-refractivity contribution < 1.29 is 4.79 Å². The van der Waals surface area contributed by atoms with Crippen molar-refractivity contribution >= 4 is 17.2 Å². The van der Waals surface area contributed by atoms with Crippen LogP contribution in [-0.4, -0.2) is 47.0 Å². The van der Waals surface area contributed by atoms with Crippen molar-refractivity contribution in [2.24, 2.45) is 5.92 Å². The van der Waals surface area contributed by atoms with Crippen LogP contribution >= 0.6 is 11.3 Å². The first-order valence-electron chi connectivity index (χ1n) is 8.53. The topological polar surface area (TPSA) is 58.1 Å². The van der Waals surface area contributed by atoms with Gasteiger partial charge >= 0.3 is 0 Å². The number of carbonyl (C=O) groups is 1. The molecule has 0 spiro atoms. The molecule has 6 heteroatoms. The van der Waals surface area contributed by atoms with Gasteiger partial charge in [-0.15, -0.1) is 11.3 Å². The smallest absolute Gasteiger partial charge is 0.263 e. The van der Waals surface area contributed by atoms with E-state index in [0.29, 0.717) is 11.4 Å². The Balaban J connectivity index is 1.56. The van der Waals surface area contributed by atoms with E-state index in [1.165, 1.54) is 24.2 Å². The van der Waals surface area contributed by atoms with Gasteiger partial charge in [0, 0.05) is 25.8 Å². The predicted octanol–water partition coefficient (Wildman–Crippen LogP) is 2.98. The minimum atomic E-state index is -0.0303. The minimum absolute atomic E-state index is 0.0303. The Morgan fingerprint density at radius 3 is 3.08 bits per heavy atom. The lowest BCUT2D eigenvalue weighted by molar-refractivity contribution is 0.0947. The predicted molar refractivity (Wildman–Crippen MR) is 97.3 cm³/mol. The zero-order valence-electron chi connectivity index (χ0n) is 14.3. The molecule has 1 aliphatic rings. The average Bonchev–Trinajstić information content (AvgIpc) is 2.98. The van der Waals surface area contributed by atoms with Crippen molar-refractivity contribution in [1.82, 2.24) is 20.2 Å². The van der Waals surface area contributed by atoms with E-state index < -0.39 is 0 Å². The van der Waals surface area contributed by atoms with E-state index >= 15 is 0 Å². The molecule has 0 saturated carbocycles. The Hall–Kier alpha value is -1.79. The first-order chi connectivity index (χ1) is 11.6. The van der Waals surface area contributed by atoms with Crippen molar-refractivity contribution in [1.29, 1.82) is 0 Å². The summed E-state index contributed by atoms with van der Waals surface area (Å²) in [4.78, 5) is 24.4. The summed E-state index contributed by atoms with van der Waals surface area (Å²) in [5.41, 5.74) is 1.58. The molecular formula is C18H24N4OS. The summed E-state index contributed by atoms with van der Waals surface area (Å²) in [7, 11) is 0. The van der Waals surface area contributed by atoms with Crippen LogP contribution in [-0.2, 0) is 0 Å². The van der Waals surface area contributed by atoms with E-state index in [0.717, 1.165) is 41.9 Å². The maximum Gasteiger partial charge on any atom is 0.263 e. The van der Waals surface area contributed by atoms with Gasteiger partial charge in [0.1, 0.15) is 9.88 Å². The van der Waals surface area contributed by atoms with Gasteiger partial charge in [-0.05, 0) is 44.4 Å². The van der Waals surface area contributed by atoms with Crippen LogP contribution in [0.25, 0.3) is 10.7 Å². The number of hydrogen-bond donors (Lipinski definition) is 1. The molecule has 24 heavy (non-hydrogen) atoms. The van der Waals surface area contributed by atoms with Crippen LogP contribution in [0.2, 0.25) is 0 Å². The molecule has 3 heterocycles. The number of thiazole rings is 1. The molecule has 2 aromatic rings. The molecular weight excluding hydrogens is 320 g/mol. The number of aromatic nitrogens is 2.